The van der Waals surface area contributed by atoms with Gasteiger partial charge in [0, 0.05) is 56.9 Å². The predicted molar refractivity (Wildman–Crippen MR) is 151 cm³/mol. The molecule has 210 valence electrons. The van der Waals surface area contributed by atoms with Crippen LogP contribution in [0.3, 0.4) is 0 Å². The fraction of sp³-hybridized carbons (Fsp3) is 0.419. The first kappa shape index (κ1) is 27.9. The highest BCUT2D eigenvalue weighted by molar-refractivity contribution is 5.97. The summed E-state index contributed by atoms with van der Waals surface area (Å²) in [6.45, 7) is 8.30. The Morgan fingerprint density at radius 2 is 1.57 bits per heavy atom. The number of aromatic nitrogens is 2. The molecule has 2 aliphatic rings. The van der Waals surface area contributed by atoms with Crippen LogP contribution in [0.2, 0.25) is 0 Å². The molecule has 0 spiro atoms. The lowest BCUT2D eigenvalue weighted by Crippen LogP contribution is -2.46. The number of carbonyl (C=O) groups is 2. The number of Topliss-reactive ketones (excluding diaryl/α,β-unsaturated/α-hetero) is 1. The number of hydrogen-bond acceptors (Lipinski definition) is 8. The molecule has 2 aliphatic heterocycles. The number of halogens is 1. The maximum absolute atomic E-state index is 13.3. The molecule has 3 aromatic rings. The van der Waals surface area contributed by atoms with Crippen LogP contribution in [0.25, 0.3) is 0 Å². The minimum atomic E-state index is -0.418. The smallest absolute Gasteiger partial charge is 0.341 e. The quantitative estimate of drug-likeness (QED) is 0.292. The third kappa shape index (κ3) is 6.89. The zero-order valence-electron chi connectivity index (χ0n) is 23.0. The van der Waals surface area contributed by atoms with Crippen molar-refractivity contribution in [1.82, 2.24) is 19.8 Å². The Kier molecular flexibility index (Phi) is 9.13. The second-order valence-corrected chi connectivity index (χ2v) is 10.4. The van der Waals surface area contributed by atoms with E-state index in [1.807, 2.05) is 6.07 Å². The highest BCUT2D eigenvalue weighted by atomic mass is 19.1. The molecule has 0 unspecified atom stereocenters. The van der Waals surface area contributed by atoms with Gasteiger partial charge in [0.25, 0.3) is 0 Å². The minimum absolute atomic E-state index is 0.0580. The van der Waals surface area contributed by atoms with Gasteiger partial charge in [-0.1, -0.05) is 30.3 Å². The number of likely N-dealkylation sites (tertiary alicyclic amines) is 1. The van der Waals surface area contributed by atoms with Crippen LogP contribution in [0.4, 0.5) is 10.3 Å². The van der Waals surface area contributed by atoms with Gasteiger partial charge in [0.05, 0.1) is 12.3 Å². The maximum Gasteiger partial charge on any atom is 0.341 e. The molecule has 2 aromatic carbocycles. The van der Waals surface area contributed by atoms with E-state index in [1.54, 1.807) is 25.3 Å². The standard InChI is InChI=1S/C31H36FN5O3/c1-2-40-30(39)27-20-33-31(37-18-16-36(17-19-37)21-23-6-4-3-5-7-23)34-28(27)22-35-14-12-25(13-15-35)29(38)24-8-10-26(32)11-9-24/h3-11,20,25H,2,12-19,21-22H2,1H3. The van der Waals surface area contributed by atoms with Crippen molar-refractivity contribution in [2.75, 3.05) is 50.8 Å². The number of rotatable bonds is 9. The van der Waals surface area contributed by atoms with E-state index in [2.05, 4.69) is 43.9 Å². The molecular weight excluding hydrogens is 509 g/mol. The number of hydrogen-bond donors (Lipinski definition) is 0. The van der Waals surface area contributed by atoms with E-state index in [-0.39, 0.29) is 24.1 Å². The molecule has 5 rings (SSSR count). The highest BCUT2D eigenvalue weighted by Crippen LogP contribution is 2.24. The van der Waals surface area contributed by atoms with Crippen molar-refractivity contribution in [2.24, 2.45) is 5.92 Å². The molecule has 0 N–H and O–H groups in total. The summed E-state index contributed by atoms with van der Waals surface area (Å²) >= 11 is 0. The van der Waals surface area contributed by atoms with E-state index in [1.165, 1.54) is 17.7 Å². The van der Waals surface area contributed by atoms with Crippen LogP contribution >= 0.6 is 0 Å². The van der Waals surface area contributed by atoms with Crippen molar-refractivity contribution in [3.05, 3.63) is 89.0 Å². The van der Waals surface area contributed by atoms with Crippen LogP contribution in [0.5, 0.6) is 0 Å². The summed E-state index contributed by atoms with van der Waals surface area (Å²) in [6, 6.07) is 16.2. The van der Waals surface area contributed by atoms with Crippen LogP contribution in [0.15, 0.2) is 60.8 Å². The van der Waals surface area contributed by atoms with Gasteiger partial charge in [0.15, 0.2) is 5.78 Å². The summed E-state index contributed by atoms with van der Waals surface area (Å²) < 4.78 is 18.6. The van der Waals surface area contributed by atoms with Gasteiger partial charge in [-0.2, -0.15) is 0 Å². The molecule has 1 aromatic heterocycles. The average molecular weight is 546 g/mol. The second-order valence-electron chi connectivity index (χ2n) is 10.4. The number of nitrogens with zero attached hydrogens (tertiary/aromatic N) is 5. The highest BCUT2D eigenvalue weighted by Gasteiger charge is 2.28. The molecule has 0 saturated carbocycles. The van der Waals surface area contributed by atoms with Gasteiger partial charge in [0.1, 0.15) is 11.4 Å². The van der Waals surface area contributed by atoms with Crippen molar-refractivity contribution in [1.29, 1.82) is 0 Å². The van der Waals surface area contributed by atoms with E-state index in [0.717, 1.165) is 32.7 Å². The van der Waals surface area contributed by atoms with Gasteiger partial charge in [-0.15, -0.1) is 0 Å². The van der Waals surface area contributed by atoms with E-state index in [9.17, 15) is 14.0 Å². The van der Waals surface area contributed by atoms with E-state index >= 15 is 0 Å². The topological polar surface area (TPSA) is 78.9 Å². The van der Waals surface area contributed by atoms with Crippen molar-refractivity contribution in [2.45, 2.75) is 32.9 Å². The molecule has 0 bridgehead atoms. The van der Waals surface area contributed by atoms with E-state index < -0.39 is 5.97 Å². The zero-order chi connectivity index (χ0) is 27.9. The summed E-state index contributed by atoms with van der Waals surface area (Å²) in [5.41, 5.74) is 2.89. The Hall–Kier alpha value is -3.69. The molecule has 2 saturated heterocycles. The summed E-state index contributed by atoms with van der Waals surface area (Å²) in [7, 11) is 0. The molecule has 2 fully saturated rings. The van der Waals surface area contributed by atoms with Crippen molar-refractivity contribution in [3.63, 3.8) is 0 Å². The summed E-state index contributed by atoms with van der Waals surface area (Å²) in [4.78, 5) is 41.9. The van der Waals surface area contributed by atoms with Crippen molar-refractivity contribution in [3.8, 4) is 0 Å². The largest absolute Gasteiger partial charge is 0.462 e. The van der Waals surface area contributed by atoms with Crippen LogP contribution < -0.4 is 4.90 Å². The lowest BCUT2D eigenvalue weighted by Gasteiger charge is -2.35. The second kappa shape index (κ2) is 13.1. The maximum atomic E-state index is 13.3. The monoisotopic (exact) mass is 545 g/mol. The first-order valence-corrected chi connectivity index (χ1v) is 14.1. The molecule has 0 amide bonds. The number of ketones is 1. The lowest BCUT2D eigenvalue weighted by atomic mass is 9.89. The molecule has 3 heterocycles. The van der Waals surface area contributed by atoms with Crippen molar-refractivity contribution < 1.29 is 18.7 Å². The third-order valence-electron chi connectivity index (χ3n) is 7.71. The normalized spacial score (nSPS) is 17.1. The Morgan fingerprint density at radius 1 is 0.900 bits per heavy atom. The van der Waals surface area contributed by atoms with Gasteiger partial charge < -0.3 is 9.64 Å². The molecule has 0 radical (unpaired) electrons. The van der Waals surface area contributed by atoms with Crippen LogP contribution in [-0.2, 0) is 17.8 Å². The first-order chi connectivity index (χ1) is 19.5. The Bertz CT molecular complexity index is 1290. The number of esters is 1. The number of anilines is 1. The number of piperazine rings is 1. The lowest BCUT2D eigenvalue weighted by molar-refractivity contribution is 0.0522. The summed E-state index contributed by atoms with van der Waals surface area (Å²) in [6.07, 6.45) is 3.00. The molecule has 0 atom stereocenters. The van der Waals surface area contributed by atoms with Gasteiger partial charge in [-0.25, -0.2) is 19.2 Å². The molecule has 40 heavy (non-hydrogen) atoms. The van der Waals surface area contributed by atoms with Gasteiger partial charge >= 0.3 is 5.97 Å². The molecular formula is C31H36FN5O3. The fourth-order valence-corrected chi connectivity index (χ4v) is 5.42. The first-order valence-electron chi connectivity index (χ1n) is 14.1. The van der Waals surface area contributed by atoms with E-state index in [0.29, 0.717) is 55.2 Å². The fourth-order valence-electron chi connectivity index (χ4n) is 5.42. The van der Waals surface area contributed by atoms with Crippen LogP contribution in [-0.4, -0.2) is 77.4 Å². The molecule has 9 heteroatoms. The van der Waals surface area contributed by atoms with E-state index in [4.69, 9.17) is 9.72 Å². The van der Waals surface area contributed by atoms with Crippen molar-refractivity contribution >= 4 is 17.7 Å². The number of piperidine rings is 1. The zero-order valence-corrected chi connectivity index (χ0v) is 23.0. The Balaban J connectivity index is 1.22. The van der Waals surface area contributed by atoms with Gasteiger partial charge in [-0.3, -0.25) is 14.6 Å². The van der Waals surface area contributed by atoms with Crippen LogP contribution in [0.1, 0.15) is 51.7 Å². The molecule has 0 aliphatic carbocycles. The number of carbonyl (C=O) groups excluding carboxylic acids is 2. The predicted octanol–water partition coefficient (Wildman–Crippen LogP) is 4.21. The van der Waals surface area contributed by atoms with Gasteiger partial charge in [0.2, 0.25) is 5.95 Å². The minimum Gasteiger partial charge on any atom is -0.462 e. The average Bonchev–Trinajstić information content (AvgIpc) is 2.99. The number of benzene rings is 2. The third-order valence-corrected chi connectivity index (χ3v) is 7.71. The molecule has 8 nitrogen and oxygen atoms in total. The Labute approximate surface area is 234 Å². The number of ether oxygens (including phenoxy) is 1. The summed E-state index contributed by atoms with van der Waals surface area (Å²) in [5.74, 6) is -0.175. The Morgan fingerprint density at radius 3 is 2.25 bits per heavy atom. The van der Waals surface area contributed by atoms with Gasteiger partial charge in [-0.05, 0) is 62.7 Å². The summed E-state index contributed by atoms with van der Waals surface area (Å²) in [5, 5.41) is 0. The SMILES string of the molecule is CCOC(=O)c1cnc(N2CCN(Cc3ccccc3)CC2)nc1CN1CCC(C(=O)c2ccc(F)cc2)CC1. The van der Waals surface area contributed by atoms with Crippen LogP contribution in [0, 0.1) is 11.7 Å².